The Hall–Kier alpha value is -1.19. The second kappa shape index (κ2) is 8.95. The molecule has 0 aliphatic heterocycles. The van der Waals surface area contributed by atoms with Crippen LogP contribution in [0.25, 0.3) is 0 Å². The van der Waals surface area contributed by atoms with Crippen molar-refractivity contribution in [2.45, 2.75) is 83.5 Å². The number of carbonyl (C=O) groups excluding carboxylic acids is 1. The molecule has 140 valence electrons. The standard InChI is InChI=1S/C22H36O2Si/c1-8-9-13-19(18-14-11-10-12-15-18)16-20(23)17(2)21(24)25(6,7)22(3,4)5/h10-12,14-15,19-20,23H,2,8-9,13,16H2,1,3-7H3. The van der Waals surface area contributed by atoms with Crippen molar-refractivity contribution in [1.29, 1.82) is 0 Å². The second-order valence-corrected chi connectivity index (χ2v) is 13.9. The van der Waals surface area contributed by atoms with Crippen LogP contribution in [0.4, 0.5) is 0 Å². The molecular weight excluding hydrogens is 324 g/mol. The minimum absolute atomic E-state index is 0.0478. The highest BCUT2D eigenvalue weighted by Crippen LogP contribution is 2.39. The molecule has 0 saturated heterocycles. The third kappa shape index (κ3) is 5.65. The maximum atomic E-state index is 13.0. The van der Waals surface area contributed by atoms with Crippen LogP contribution in [0.3, 0.4) is 0 Å². The predicted molar refractivity (Wildman–Crippen MR) is 111 cm³/mol. The SMILES string of the molecule is C=C(C(=O)[Si](C)(C)C(C)(C)C)C(O)CC(CCCC)c1ccccc1. The van der Waals surface area contributed by atoms with Crippen LogP contribution in [-0.2, 0) is 4.79 Å². The minimum Gasteiger partial charge on any atom is -0.388 e. The summed E-state index contributed by atoms with van der Waals surface area (Å²) < 4.78 is 0. The molecule has 0 aliphatic carbocycles. The van der Waals surface area contributed by atoms with Crippen LogP contribution in [0.5, 0.6) is 0 Å². The topological polar surface area (TPSA) is 37.3 Å². The fourth-order valence-electron chi connectivity index (χ4n) is 2.90. The molecular formula is C22H36O2Si. The van der Waals surface area contributed by atoms with E-state index in [1.807, 2.05) is 18.2 Å². The van der Waals surface area contributed by atoms with Crippen LogP contribution in [0.2, 0.25) is 18.1 Å². The van der Waals surface area contributed by atoms with E-state index in [1.54, 1.807) is 0 Å². The van der Waals surface area contributed by atoms with E-state index < -0.39 is 14.2 Å². The van der Waals surface area contributed by atoms with Gasteiger partial charge in [-0.25, -0.2) is 0 Å². The normalized spacial score (nSPS) is 14.8. The van der Waals surface area contributed by atoms with Crippen molar-refractivity contribution >= 4 is 13.5 Å². The zero-order valence-corrected chi connectivity index (χ0v) is 17.9. The third-order valence-electron chi connectivity index (χ3n) is 5.82. The van der Waals surface area contributed by atoms with Gasteiger partial charge in [0.2, 0.25) is 0 Å². The lowest BCUT2D eigenvalue weighted by molar-refractivity contribution is -0.110. The van der Waals surface area contributed by atoms with Crippen LogP contribution in [0.15, 0.2) is 42.5 Å². The summed E-state index contributed by atoms with van der Waals surface area (Å²) in [6.45, 7) is 16.7. The molecule has 0 fully saturated rings. The molecule has 3 heteroatoms. The number of hydrogen-bond acceptors (Lipinski definition) is 2. The summed E-state index contributed by atoms with van der Waals surface area (Å²) in [4.78, 5) is 13.0. The zero-order valence-electron chi connectivity index (χ0n) is 16.9. The molecule has 1 N–H and O–H groups in total. The van der Waals surface area contributed by atoms with Crippen molar-refractivity contribution in [2.75, 3.05) is 0 Å². The van der Waals surface area contributed by atoms with Crippen LogP contribution in [0.1, 0.15) is 64.9 Å². The Bertz CT molecular complexity index is 569. The van der Waals surface area contributed by atoms with Crippen molar-refractivity contribution in [3.63, 3.8) is 0 Å². The molecule has 0 saturated carbocycles. The first-order valence-electron chi connectivity index (χ1n) is 9.49. The molecule has 2 atom stereocenters. The Balaban J connectivity index is 2.91. The number of carbonyl (C=O) groups is 1. The summed E-state index contributed by atoms with van der Waals surface area (Å²) in [5, 5.41) is 10.8. The average Bonchev–Trinajstić information content (AvgIpc) is 2.56. The van der Waals surface area contributed by atoms with E-state index in [-0.39, 0.29) is 16.4 Å². The molecule has 2 unspecified atom stereocenters. The van der Waals surface area contributed by atoms with Crippen LogP contribution >= 0.6 is 0 Å². The highest BCUT2D eigenvalue weighted by atomic mass is 28.3. The van der Waals surface area contributed by atoms with E-state index in [9.17, 15) is 9.90 Å². The van der Waals surface area contributed by atoms with Gasteiger partial charge in [0, 0.05) is 5.57 Å². The summed E-state index contributed by atoms with van der Waals surface area (Å²) in [6.07, 6.45) is 3.09. The molecule has 2 nitrogen and oxygen atoms in total. The summed E-state index contributed by atoms with van der Waals surface area (Å²) >= 11 is 0. The summed E-state index contributed by atoms with van der Waals surface area (Å²) in [6, 6.07) is 10.3. The first-order chi connectivity index (χ1) is 11.5. The van der Waals surface area contributed by atoms with E-state index in [0.29, 0.717) is 12.0 Å². The molecule has 25 heavy (non-hydrogen) atoms. The lowest BCUT2D eigenvalue weighted by Gasteiger charge is -2.36. The number of unbranched alkanes of at least 4 members (excludes halogenated alkanes) is 1. The number of aliphatic hydroxyl groups is 1. The lowest BCUT2D eigenvalue weighted by atomic mass is 9.87. The molecule has 1 aromatic rings. The van der Waals surface area contributed by atoms with Crippen molar-refractivity contribution in [3.8, 4) is 0 Å². The van der Waals surface area contributed by atoms with Gasteiger partial charge < -0.3 is 9.90 Å². The highest BCUT2D eigenvalue weighted by molar-refractivity contribution is 7.08. The van der Waals surface area contributed by atoms with Gasteiger partial charge in [0.05, 0.1) is 6.10 Å². The monoisotopic (exact) mass is 360 g/mol. The van der Waals surface area contributed by atoms with Gasteiger partial charge in [-0.05, 0) is 29.4 Å². The van der Waals surface area contributed by atoms with E-state index in [0.717, 1.165) is 19.3 Å². The zero-order chi connectivity index (χ0) is 19.3. The fourth-order valence-corrected chi connectivity index (χ4v) is 4.55. The molecule has 0 bridgehead atoms. The van der Waals surface area contributed by atoms with Gasteiger partial charge in [-0.15, -0.1) is 0 Å². The van der Waals surface area contributed by atoms with E-state index in [4.69, 9.17) is 0 Å². The summed E-state index contributed by atoms with van der Waals surface area (Å²) in [5.41, 5.74) is 1.64. The van der Waals surface area contributed by atoms with Crippen LogP contribution in [-0.4, -0.2) is 24.7 Å². The van der Waals surface area contributed by atoms with E-state index in [1.165, 1.54) is 5.56 Å². The minimum atomic E-state index is -2.19. The Morgan fingerprint density at radius 3 is 2.24 bits per heavy atom. The highest BCUT2D eigenvalue weighted by Gasteiger charge is 2.44. The summed E-state index contributed by atoms with van der Waals surface area (Å²) in [7, 11) is -2.19. The Labute approximate surface area is 155 Å². The summed E-state index contributed by atoms with van der Waals surface area (Å²) in [5.74, 6) is 0.264. The van der Waals surface area contributed by atoms with Gasteiger partial charge in [-0.2, -0.15) is 0 Å². The molecule has 0 amide bonds. The quantitative estimate of drug-likeness (QED) is 0.441. The largest absolute Gasteiger partial charge is 0.388 e. The lowest BCUT2D eigenvalue weighted by Crippen LogP contribution is -2.48. The van der Waals surface area contributed by atoms with Crippen molar-refractivity contribution in [2.24, 2.45) is 0 Å². The van der Waals surface area contributed by atoms with Gasteiger partial charge in [0.15, 0.2) is 0 Å². The molecule has 1 rings (SSSR count). The van der Waals surface area contributed by atoms with Gasteiger partial charge in [0.1, 0.15) is 13.5 Å². The molecule has 0 spiro atoms. The predicted octanol–water partition coefficient (Wildman–Crippen LogP) is 5.88. The number of benzene rings is 1. The van der Waals surface area contributed by atoms with Crippen LogP contribution < -0.4 is 0 Å². The number of aliphatic hydroxyl groups excluding tert-OH is 1. The van der Waals surface area contributed by atoms with Crippen molar-refractivity contribution < 1.29 is 9.90 Å². The maximum absolute atomic E-state index is 13.0. The Morgan fingerprint density at radius 1 is 1.20 bits per heavy atom. The van der Waals surface area contributed by atoms with Crippen molar-refractivity contribution in [1.82, 2.24) is 0 Å². The second-order valence-electron chi connectivity index (χ2n) is 8.73. The van der Waals surface area contributed by atoms with Gasteiger partial charge in [-0.3, -0.25) is 0 Å². The maximum Gasteiger partial charge on any atom is 0.138 e. The van der Waals surface area contributed by atoms with Gasteiger partial charge in [-0.1, -0.05) is 90.5 Å². The Morgan fingerprint density at radius 2 is 1.76 bits per heavy atom. The smallest absolute Gasteiger partial charge is 0.138 e. The Kier molecular flexibility index (Phi) is 7.82. The fraction of sp³-hybridized carbons (Fsp3) is 0.591. The first kappa shape index (κ1) is 21.8. The molecule has 0 radical (unpaired) electrons. The van der Waals surface area contributed by atoms with Gasteiger partial charge >= 0.3 is 0 Å². The number of rotatable bonds is 9. The van der Waals surface area contributed by atoms with E-state index in [2.05, 4.69) is 59.5 Å². The average molecular weight is 361 g/mol. The number of hydrogen-bond donors (Lipinski definition) is 1. The van der Waals surface area contributed by atoms with Crippen LogP contribution in [0, 0.1) is 0 Å². The molecule has 0 aromatic heterocycles. The molecule has 1 aromatic carbocycles. The third-order valence-corrected chi connectivity index (χ3v) is 11.0. The van der Waals surface area contributed by atoms with E-state index >= 15 is 0 Å². The molecule has 0 aliphatic rings. The molecule has 0 heterocycles. The van der Waals surface area contributed by atoms with Crippen molar-refractivity contribution in [3.05, 3.63) is 48.0 Å². The van der Waals surface area contributed by atoms with Gasteiger partial charge in [0.25, 0.3) is 0 Å². The first-order valence-corrected chi connectivity index (χ1v) is 12.5.